The third-order valence-electron chi connectivity index (χ3n) is 3.55. The Hall–Kier alpha value is -0.830. The zero-order valence-corrected chi connectivity index (χ0v) is 12.1. The van der Waals surface area contributed by atoms with E-state index in [1.165, 1.54) is 6.42 Å². The molecule has 0 aliphatic heterocycles. The molecule has 1 aromatic carbocycles. The Morgan fingerprint density at radius 2 is 2.18 bits per heavy atom. The monoisotopic (exact) mass is 295 g/mol. The molecule has 2 nitrogen and oxygen atoms in total. The van der Waals surface area contributed by atoms with Crippen molar-refractivity contribution in [2.24, 2.45) is 11.8 Å². The molecule has 1 aliphatic rings. The van der Waals surface area contributed by atoms with E-state index in [2.05, 4.69) is 34.8 Å². The van der Waals surface area contributed by atoms with Gasteiger partial charge in [-0.05, 0) is 59.3 Å². The van der Waals surface area contributed by atoms with E-state index in [1.54, 1.807) is 6.92 Å². The summed E-state index contributed by atoms with van der Waals surface area (Å²) in [4.78, 5) is 13.5. The lowest BCUT2D eigenvalue weighted by Crippen LogP contribution is -2.21. The average molecular weight is 296 g/mol. The minimum absolute atomic E-state index is 0.107. The molecule has 3 heteroatoms. The summed E-state index contributed by atoms with van der Waals surface area (Å²) < 4.78 is 1.00. The highest BCUT2D eigenvalue weighted by Gasteiger charge is 2.33. The molecule has 1 aliphatic carbocycles. The summed E-state index contributed by atoms with van der Waals surface area (Å²) in [5.74, 6) is 1.81. The first-order valence-corrected chi connectivity index (χ1v) is 6.80. The largest absolute Gasteiger partial charge is 0.373 e. The number of hydrogen-bond donors (Lipinski definition) is 0. The normalized spacial score (nSPS) is 22.4. The van der Waals surface area contributed by atoms with E-state index in [0.29, 0.717) is 0 Å². The smallest absolute Gasteiger partial charge is 0.159 e. The highest BCUT2D eigenvalue weighted by atomic mass is 79.9. The van der Waals surface area contributed by atoms with Crippen LogP contribution in [-0.2, 0) is 0 Å². The second-order valence-electron chi connectivity index (χ2n) is 5.08. The Labute approximate surface area is 111 Å². The molecule has 0 radical (unpaired) electrons. The van der Waals surface area contributed by atoms with Crippen LogP contribution in [0.3, 0.4) is 0 Å². The van der Waals surface area contributed by atoms with E-state index >= 15 is 0 Å². The number of carbonyl (C=O) groups excluding carboxylic acids is 1. The second-order valence-corrected chi connectivity index (χ2v) is 5.93. The minimum Gasteiger partial charge on any atom is -0.373 e. The van der Waals surface area contributed by atoms with Crippen molar-refractivity contribution < 1.29 is 4.79 Å². The summed E-state index contributed by atoms with van der Waals surface area (Å²) in [5.41, 5.74) is 1.92. The van der Waals surface area contributed by atoms with Gasteiger partial charge in [0.05, 0.1) is 5.69 Å². The van der Waals surface area contributed by atoms with Crippen molar-refractivity contribution in [3.05, 3.63) is 28.2 Å². The molecule has 2 unspecified atom stereocenters. The Kier molecular flexibility index (Phi) is 3.57. The van der Waals surface area contributed by atoms with Crippen LogP contribution in [0.5, 0.6) is 0 Å². The van der Waals surface area contributed by atoms with Crippen LogP contribution in [0, 0.1) is 11.8 Å². The van der Waals surface area contributed by atoms with Gasteiger partial charge in [-0.25, -0.2) is 0 Å². The van der Waals surface area contributed by atoms with Crippen molar-refractivity contribution in [3.8, 4) is 0 Å². The van der Waals surface area contributed by atoms with E-state index in [0.717, 1.165) is 34.1 Å². The summed E-state index contributed by atoms with van der Waals surface area (Å²) in [5, 5.41) is 0. The van der Waals surface area contributed by atoms with Crippen LogP contribution in [0.2, 0.25) is 0 Å². The van der Waals surface area contributed by atoms with Gasteiger partial charge >= 0.3 is 0 Å². The lowest BCUT2D eigenvalue weighted by molar-refractivity contribution is 0.101. The average Bonchev–Trinajstić information content (AvgIpc) is 2.93. The summed E-state index contributed by atoms with van der Waals surface area (Å²) in [7, 11) is 2.11. The maximum atomic E-state index is 11.3. The van der Waals surface area contributed by atoms with Crippen molar-refractivity contribution in [1.82, 2.24) is 0 Å². The molecule has 1 aromatic rings. The number of hydrogen-bond acceptors (Lipinski definition) is 2. The number of halogens is 1. The fourth-order valence-electron chi connectivity index (χ4n) is 2.14. The van der Waals surface area contributed by atoms with E-state index in [1.807, 2.05) is 18.2 Å². The minimum atomic E-state index is 0.107. The van der Waals surface area contributed by atoms with Gasteiger partial charge in [0.2, 0.25) is 0 Å². The third kappa shape index (κ3) is 2.89. The zero-order chi connectivity index (χ0) is 12.6. The first kappa shape index (κ1) is 12.6. The molecule has 0 spiro atoms. The first-order chi connectivity index (χ1) is 7.99. The van der Waals surface area contributed by atoms with Gasteiger partial charge in [-0.2, -0.15) is 0 Å². The molecule has 0 bridgehead atoms. The van der Waals surface area contributed by atoms with Gasteiger partial charge in [-0.1, -0.05) is 6.92 Å². The van der Waals surface area contributed by atoms with Crippen molar-refractivity contribution >= 4 is 27.4 Å². The van der Waals surface area contributed by atoms with Gasteiger partial charge < -0.3 is 4.90 Å². The predicted molar refractivity (Wildman–Crippen MR) is 74.7 cm³/mol. The molecule has 0 heterocycles. The SMILES string of the molecule is CC(=O)c1ccc(N(C)CC2CC2C)c(Br)c1. The number of nitrogens with zero attached hydrogens (tertiary/aromatic N) is 1. The molecule has 0 aromatic heterocycles. The van der Waals surface area contributed by atoms with Gasteiger partial charge in [0, 0.05) is 23.6 Å². The first-order valence-electron chi connectivity index (χ1n) is 6.00. The Balaban J connectivity index is 2.12. The maximum Gasteiger partial charge on any atom is 0.159 e. The Morgan fingerprint density at radius 3 is 2.65 bits per heavy atom. The van der Waals surface area contributed by atoms with Gasteiger partial charge in [0.15, 0.2) is 5.78 Å². The van der Waals surface area contributed by atoms with Gasteiger partial charge in [-0.15, -0.1) is 0 Å². The van der Waals surface area contributed by atoms with Crippen molar-refractivity contribution in [2.75, 3.05) is 18.5 Å². The number of ketones is 1. The molecular formula is C14H18BrNO. The van der Waals surface area contributed by atoms with Gasteiger partial charge in [0.1, 0.15) is 0 Å². The van der Waals surface area contributed by atoms with Gasteiger partial charge in [0.25, 0.3) is 0 Å². The topological polar surface area (TPSA) is 20.3 Å². The van der Waals surface area contributed by atoms with Crippen LogP contribution in [0.15, 0.2) is 22.7 Å². The molecule has 0 N–H and O–H groups in total. The molecule has 17 heavy (non-hydrogen) atoms. The molecule has 1 saturated carbocycles. The second kappa shape index (κ2) is 4.81. The highest BCUT2D eigenvalue weighted by molar-refractivity contribution is 9.10. The Bertz CT molecular complexity index is 444. The summed E-state index contributed by atoms with van der Waals surface area (Å²) in [6.07, 6.45) is 1.34. The van der Waals surface area contributed by atoms with Crippen molar-refractivity contribution in [3.63, 3.8) is 0 Å². The third-order valence-corrected chi connectivity index (χ3v) is 4.19. The molecule has 2 atom stereocenters. The van der Waals surface area contributed by atoms with Crippen LogP contribution >= 0.6 is 15.9 Å². The van der Waals surface area contributed by atoms with E-state index in [9.17, 15) is 4.79 Å². The zero-order valence-electron chi connectivity index (χ0n) is 10.5. The summed E-state index contributed by atoms with van der Waals surface area (Å²) in [6.45, 7) is 4.99. The molecule has 0 amide bonds. The van der Waals surface area contributed by atoms with Gasteiger partial charge in [-0.3, -0.25) is 4.79 Å². The van der Waals surface area contributed by atoms with E-state index in [-0.39, 0.29) is 5.78 Å². The predicted octanol–water partition coefficient (Wildman–Crippen LogP) is 3.74. The highest BCUT2D eigenvalue weighted by Crippen LogP contribution is 2.39. The lowest BCUT2D eigenvalue weighted by atomic mass is 10.1. The lowest BCUT2D eigenvalue weighted by Gasteiger charge is -2.21. The van der Waals surface area contributed by atoms with E-state index in [4.69, 9.17) is 0 Å². The fourth-order valence-corrected chi connectivity index (χ4v) is 2.82. The molecular weight excluding hydrogens is 278 g/mol. The molecule has 0 saturated heterocycles. The standard InChI is InChI=1S/C14H18BrNO/c1-9-6-12(9)8-16(3)14-5-4-11(10(2)17)7-13(14)15/h4-5,7,9,12H,6,8H2,1-3H3. The number of Topliss-reactive ketones (excluding diaryl/α,β-unsaturated/α-hetero) is 1. The van der Waals surface area contributed by atoms with E-state index < -0.39 is 0 Å². The number of carbonyl (C=O) groups is 1. The molecule has 92 valence electrons. The van der Waals surface area contributed by atoms with Crippen molar-refractivity contribution in [1.29, 1.82) is 0 Å². The van der Waals surface area contributed by atoms with Crippen LogP contribution in [-0.4, -0.2) is 19.4 Å². The van der Waals surface area contributed by atoms with Crippen LogP contribution in [0.1, 0.15) is 30.6 Å². The quantitative estimate of drug-likeness (QED) is 0.789. The Morgan fingerprint density at radius 1 is 1.53 bits per heavy atom. The number of benzene rings is 1. The number of anilines is 1. The van der Waals surface area contributed by atoms with Crippen LogP contribution < -0.4 is 4.90 Å². The number of rotatable bonds is 4. The van der Waals surface area contributed by atoms with Crippen LogP contribution in [0.4, 0.5) is 5.69 Å². The van der Waals surface area contributed by atoms with Crippen LogP contribution in [0.25, 0.3) is 0 Å². The molecule has 1 fully saturated rings. The fraction of sp³-hybridized carbons (Fsp3) is 0.500. The van der Waals surface area contributed by atoms with Crippen molar-refractivity contribution in [2.45, 2.75) is 20.3 Å². The summed E-state index contributed by atoms with van der Waals surface area (Å²) in [6, 6.07) is 5.83. The maximum absolute atomic E-state index is 11.3. The summed E-state index contributed by atoms with van der Waals surface area (Å²) >= 11 is 3.55. The molecule has 2 rings (SSSR count).